The van der Waals surface area contributed by atoms with E-state index in [4.69, 9.17) is 13.9 Å². The van der Waals surface area contributed by atoms with Crippen LogP contribution in [0, 0.1) is 0 Å². The molecule has 3 heterocycles. The zero-order valence-corrected chi connectivity index (χ0v) is 11.5. The van der Waals surface area contributed by atoms with Gasteiger partial charge in [0, 0.05) is 18.7 Å². The number of nitrogens with one attached hydrogen (secondary N) is 1. The van der Waals surface area contributed by atoms with E-state index in [1.807, 2.05) is 0 Å². The summed E-state index contributed by atoms with van der Waals surface area (Å²) in [6, 6.07) is 6.97. The third-order valence-electron chi connectivity index (χ3n) is 3.18. The highest BCUT2D eigenvalue weighted by atomic mass is 16.5. The SMILES string of the molecule is O=C(NCc1ccco1)c1ccc(OC2CCOC2)nc1. The van der Waals surface area contributed by atoms with Crippen LogP contribution in [0.25, 0.3) is 0 Å². The van der Waals surface area contributed by atoms with Gasteiger partial charge in [0.05, 0.1) is 31.6 Å². The fraction of sp³-hybridized carbons (Fsp3) is 0.333. The molecule has 1 N–H and O–H groups in total. The van der Waals surface area contributed by atoms with Gasteiger partial charge in [-0.25, -0.2) is 4.98 Å². The summed E-state index contributed by atoms with van der Waals surface area (Å²) in [7, 11) is 0. The van der Waals surface area contributed by atoms with Gasteiger partial charge in [0.25, 0.3) is 5.91 Å². The summed E-state index contributed by atoms with van der Waals surface area (Å²) in [5, 5.41) is 2.76. The lowest BCUT2D eigenvalue weighted by molar-refractivity contribution is 0.0947. The molecule has 6 heteroatoms. The van der Waals surface area contributed by atoms with Crippen molar-refractivity contribution in [3.05, 3.63) is 48.0 Å². The van der Waals surface area contributed by atoms with Gasteiger partial charge in [0.2, 0.25) is 5.88 Å². The molecule has 0 aromatic carbocycles. The molecule has 1 atom stereocenters. The summed E-state index contributed by atoms with van der Waals surface area (Å²) in [5.41, 5.74) is 0.483. The molecule has 0 bridgehead atoms. The van der Waals surface area contributed by atoms with E-state index >= 15 is 0 Å². The first-order valence-electron chi connectivity index (χ1n) is 6.82. The Hall–Kier alpha value is -2.34. The van der Waals surface area contributed by atoms with Crippen LogP contribution in [0.15, 0.2) is 41.1 Å². The lowest BCUT2D eigenvalue weighted by atomic mass is 10.2. The van der Waals surface area contributed by atoms with E-state index in [2.05, 4.69) is 10.3 Å². The molecule has 0 spiro atoms. The molecule has 6 nitrogen and oxygen atoms in total. The van der Waals surface area contributed by atoms with Gasteiger partial charge in [-0.3, -0.25) is 4.79 Å². The summed E-state index contributed by atoms with van der Waals surface area (Å²) >= 11 is 0. The van der Waals surface area contributed by atoms with Crippen molar-refractivity contribution in [2.24, 2.45) is 0 Å². The molecule has 21 heavy (non-hydrogen) atoms. The number of ether oxygens (including phenoxy) is 2. The van der Waals surface area contributed by atoms with Crippen molar-refractivity contribution in [3.63, 3.8) is 0 Å². The predicted octanol–water partition coefficient (Wildman–Crippen LogP) is 1.77. The zero-order chi connectivity index (χ0) is 14.5. The maximum Gasteiger partial charge on any atom is 0.253 e. The Kier molecular flexibility index (Phi) is 4.16. The van der Waals surface area contributed by atoms with Gasteiger partial charge in [-0.1, -0.05) is 0 Å². The Bertz CT molecular complexity index is 574. The van der Waals surface area contributed by atoms with E-state index in [1.54, 1.807) is 30.5 Å². The van der Waals surface area contributed by atoms with Crippen LogP contribution in [0.4, 0.5) is 0 Å². The first kappa shape index (κ1) is 13.6. The normalized spacial score (nSPS) is 17.6. The maximum absolute atomic E-state index is 11.9. The van der Waals surface area contributed by atoms with Crippen LogP contribution in [0.2, 0.25) is 0 Å². The smallest absolute Gasteiger partial charge is 0.253 e. The van der Waals surface area contributed by atoms with Crippen LogP contribution in [-0.2, 0) is 11.3 Å². The number of hydrogen-bond donors (Lipinski definition) is 1. The Balaban J connectivity index is 1.54. The van der Waals surface area contributed by atoms with Gasteiger partial charge in [-0.05, 0) is 18.2 Å². The Morgan fingerprint density at radius 3 is 3.05 bits per heavy atom. The molecular formula is C15H16N2O4. The highest BCUT2D eigenvalue weighted by Gasteiger charge is 2.17. The molecule has 1 saturated heterocycles. The van der Waals surface area contributed by atoms with Gasteiger partial charge in [0.1, 0.15) is 11.9 Å². The van der Waals surface area contributed by atoms with E-state index in [0.717, 1.165) is 13.0 Å². The van der Waals surface area contributed by atoms with Crippen molar-refractivity contribution in [1.82, 2.24) is 10.3 Å². The average molecular weight is 288 g/mol. The maximum atomic E-state index is 11.9. The summed E-state index contributed by atoms with van der Waals surface area (Å²) in [6.07, 6.45) is 3.99. The van der Waals surface area contributed by atoms with Gasteiger partial charge in [0.15, 0.2) is 0 Å². The lowest BCUT2D eigenvalue weighted by Gasteiger charge is -2.10. The van der Waals surface area contributed by atoms with E-state index in [-0.39, 0.29) is 12.0 Å². The summed E-state index contributed by atoms with van der Waals surface area (Å²) in [4.78, 5) is 16.1. The van der Waals surface area contributed by atoms with Gasteiger partial charge in [-0.2, -0.15) is 0 Å². The molecule has 3 rings (SSSR count). The van der Waals surface area contributed by atoms with Crippen molar-refractivity contribution in [2.75, 3.05) is 13.2 Å². The van der Waals surface area contributed by atoms with Crippen LogP contribution in [0.5, 0.6) is 5.88 Å². The number of nitrogens with zero attached hydrogens (tertiary/aromatic N) is 1. The monoisotopic (exact) mass is 288 g/mol. The van der Waals surface area contributed by atoms with E-state index in [9.17, 15) is 4.79 Å². The zero-order valence-electron chi connectivity index (χ0n) is 11.5. The third kappa shape index (κ3) is 3.61. The highest BCUT2D eigenvalue weighted by molar-refractivity contribution is 5.93. The molecule has 0 saturated carbocycles. The topological polar surface area (TPSA) is 73.6 Å². The fourth-order valence-electron chi connectivity index (χ4n) is 2.04. The Labute approximate surface area is 122 Å². The molecule has 0 radical (unpaired) electrons. The molecular weight excluding hydrogens is 272 g/mol. The molecule has 1 amide bonds. The minimum atomic E-state index is -0.199. The quantitative estimate of drug-likeness (QED) is 0.907. The van der Waals surface area contributed by atoms with Gasteiger partial charge in [-0.15, -0.1) is 0 Å². The molecule has 1 aliphatic rings. The molecule has 2 aromatic heterocycles. The second-order valence-electron chi connectivity index (χ2n) is 4.75. The summed E-state index contributed by atoms with van der Waals surface area (Å²) in [6.45, 7) is 1.66. The number of pyridine rings is 1. The van der Waals surface area contributed by atoms with Crippen molar-refractivity contribution in [1.29, 1.82) is 0 Å². The van der Waals surface area contributed by atoms with Crippen molar-refractivity contribution in [3.8, 4) is 5.88 Å². The standard InChI is InChI=1S/C15H16N2O4/c18-15(17-9-12-2-1-6-20-12)11-3-4-14(16-8-11)21-13-5-7-19-10-13/h1-4,6,8,13H,5,7,9-10H2,(H,17,18). The molecule has 0 aliphatic carbocycles. The van der Waals surface area contributed by atoms with Crippen LogP contribution in [0.1, 0.15) is 22.5 Å². The largest absolute Gasteiger partial charge is 0.472 e. The highest BCUT2D eigenvalue weighted by Crippen LogP contribution is 2.14. The average Bonchev–Trinajstić information content (AvgIpc) is 3.19. The van der Waals surface area contributed by atoms with E-state index in [1.165, 1.54) is 6.20 Å². The van der Waals surface area contributed by atoms with Crippen LogP contribution >= 0.6 is 0 Å². The number of amides is 1. The number of carbonyl (C=O) groups excluding carboxylic acids is 1. The first-order valence-corrected chi connectivity index (χ1v) is 6.82. The number of rotatable bonds is 5. The minimum Gasteiger partial charge on any atom is -0.472 e. The minimum absolute atomic E-state index is 0.0520. The second-order valence-corrected chi connectivity index (χ2v) is 4.75. The molecule has 1 fully saturated rings. The Morgan fingerprint density at radius 1 is 1.43 bits per heavy atom. The second kappa shape index (κ2) is 6.41. The van der Waals surface area contributed by atoms with E-state index in [0.29, 0.717) is 30.4 Å². The number of carbonyl (C=O) groups is 1. The molecule has 2 aromatic rings. The van der Waals surface area contributed by atoms with Crippen LogP contribution < -0.4 is 10.1 Å². The van der Waals surface area contributed by atoms with Gasteiger partial charge >= 0.3 is 0 Å². The van der Waals surface area contributed by atoms with Crippen molar-refractivity contribution >= 4 is 5.91 Å². The number of furan rings is 1. The summed E-state index contributed by atoms with van der Waals surface area (Å²) < 4.78 is 16.0. The first-order chi connectivity index (χ1) is 10.3. The lowest BCUT2D eigenvalue weighted by Crippen LogP contribution is -2.23. The molecule has 1 unspecified atom stereocenters. The van der Waals surface area contributed by atoms with Crippen molar-refractivity contribution in [2.45, 2.75) is 19.1 Å². The van der Waals surface area contributed by atoms with E-state index < -0.39 is 0 Å². The molecule has 1 aliphatic heterocycles. The summed E-state index contributed by atoms with van der Waals surface area (Å²) in [5.74, 6) is 1.01. The molecule has 110 valence electrons. The van der Waals surface area contributed by atoms with Gasteiger partial charge < -0.3 is 19.2 Å². The predicted molar refractivity (Wildman–Crippen MR) is 74.0 cm³/mol. The van der Waals surface area contributed by atoms with Crippen LogP contribution in [0.3, 0.4) is 0 Å². The Morgan fingerprint density at radius 2 is 2.38 bits per heavy atom. The number of hydrogen-bond acceptors (Lipinski definition) is 5. The number of aromatic nitrogens is 1. The third-order valence-corrected chi connectivity index (χ3v) is 3.18. The fourth-order valence-corrected chi connectivity index (χ4v) is 2.04. The van der Waals surface area contributed by atoms with Crippen molar-refractivity contribution < 1.29 is 18.7 Å². The van der Waals surface area contributed by atoms with Crippen LogP contribution in [-0.4, -0.2) is 30.2 Å².